The van der Waals surface area contributed by atoms with Crippen LogP contribution in [-0.4, -0.2) is 40.7 Å². The number of sulfone groups is 1. The average molecular weight is 427 g/mol. The summed E-state index contributed by atoms with van der Waals surface area (Å²) < 4.78 is 37.9. The molecule has 0 amide bonds. The zero-order valence-corrected chi connectivity index (χ0v) is 18.3. The van der Waals surface area contributed by atoms with Gasteiger partial charge in [-0.1, -0.05) is 6.92 Å². The van der Waals surface area contributed by atoms with Crippen LogP contribution >= 0.6 is 0 Å². The molecule has 4 rings (SSSR count). The second-order valence-electron chi connectivity index (χ2n) is 7.73. The van der Waals surface area contributed by atoms with E-state index in [4.69, 9.17) is 9.47 Å². The molecule has 6 nitrogen and oxygen atoms in total. The fourth-order valence-electron chi connectivity index (χ4n) is 4.06. The highest BCUT2D eigenvalue weighted by atomic mass is 32.2. The second kappa shape index (κ2) is 8.14. The zero-order valence-electron chi connectivity index (χ0n) is 17.5. The van der Waals surface area contributed by atoms with E-state index in [9.17, 15) is 8.42 Å². The predicted octanol–water partition coefficient (Wildman–Crippen LogP) is 4.32. The highest BCUT2D eigenvalue weighted by Crippen LogP contribution is 2.39. The molecule has 0 saturated carbocycles. The van der Waals surface area contributed by atoms with Gasteiger partial charge in [0.25, 0.3) is 0 Å². The molecule has 3 aromatic rings. The van der Waals surface area contributed by atoms with Gasteiger partial charge in [-0.3, -0.25) is 4.98 Å². The zero-order chi connectivity index (χ0) is 21.3. The van der Waals surface area contributed by atoms with Crippen molar-refractivity contribution in [1.82, 2.24) is 4.98 Å². The first-order valence-corrected chi connectivity index (χ1v) is 11.5. The fourth-order valence-corrected chi connectivity index (χ4v) is 5.50. The molecule has 0 bridgehead atoms. The van der Waals surface area contributed by atoms with E-state index in [0.717, 1.165) is 36.8 Å². The first kappa shape index (κ1) is 20.5. The summed E-state index contributed by atoms with van der Waals surface area (Å²) in [5, 5.41) is 0.790. The minimum absolute atomic E-state index is 0.221. The number of pyridine rings is 1. The van der Waals surface area contributed by atoms with E-state index in [1.165, 1.54) is 6.20 Å². The summed E-state index contributed by atoms with van der Waals surface area (Å²) in [5.41, 5.74) is 1.46. The Morgan fingerprint density at radius 1 is 1.03 bits per heavy atom. The molecule has 1 fully saturated rings. The van der Waals surface area contributed by atoms with Gasteiger partial charge in [0.05, 0.1) is 30.3 Å². The van der Waals surface area contributed by atoms with Crippen LogP contribution in [0.3, 0.4) is 0 Å². The maximum atomic E-state index is 13.6. The SMILES string of the molecule is COc1ccc(S(=O)(=O)c2cnc3ccc(OC)cc3c2N2CCCC(C)C2)cc1. The molecule has 1 unspecified atom stereocenters. The smallest absolute Gasteiger partial charge is 0.210 e. The molecule has 2 heterocycles. The van der Waals surface area contributed by atoms with Crippen molar-refractivity contribution in [2.45, 2.75) is 29.6 Å². The lowest BCUT2D eigenvalue weighted by molar-refractivity contribution is 0.414. The van der Waals surface area contributed by atoms with Crippen LogP contribution in [0, 0.1) is 5.92 Å². The monoisotopic (exact) mass is 426 g/mol. The topological polar surface area (TPSA) is 68.7 Å². The number of rotatable bonds is 5. The van der Waals surface area contributed by atoms with Crippen LogP contribution in [0.25, 0.3) is 10.9 Å². The summed E-state index contributed by atoms with van der Waals surface area (Å²) in [6, 6.07) is 12.1. The summed E-state index contributed by atoms with van der Waals surface area (Å²) >= 11 is 0. The number of benzene rings is 2. The lowest BCUT2D eigenvalue weighted by atomic mass is 9.99. The van der Waals surface area contributed by atoms with E-state index in [0.29, 0.717) is 23.1 Å². The number of anilines is 1. The summed E-state index contributed by atoms with van der Waals surface area (Å²) in [6.45, 7) is 3.82. The molecule has 0 aliphatic carbocycles. The third-order valence-corrected chi connectivity index (χ3v) is 7.42. The van der Waals surface area contributed by atoms with E-state index in [1.807, 2.05) is 18.2 Å². The average Bonchev–Trinajstić information content (AvgIpc) is 2.77. The summed E-state index contributed by atoms with van der Waals surface area (Å²) in [6.07, 6.45) is 3.66. The number of aromatic nitrogens is 1. The van der Waals surface area contributed by atoms with Crippen molar-refractivity contribution < 1.29 is 17.9 Å². The molecule has 0 spiro atoms. The Kier molecular flexibility index (Phi) is 5.56. The van der Waals surface area contributed by atoms with Gasteiger partial charge < -0.3 is 14.4 Å². The van der Waals surface area contributed by atoms with Crippen LogP contribution in [-0.2, 0) is 9.84 Å². The van der Waals surface area contributed by atoms with Crippen LogP contribution in [0.4, 0.5) is 5.69 Å². The molecule has 0 N–H and O–H groups in total. The first-order valence-electron chi connectivity index (χ1n) is 10.0. The Morgan fingerprint density at radius 2 is 1.73 bits per heavy atom. The third kappa shape index (κ3) is 3.69. The van der Waals surface area contributed by atoms with Crippen molar-refractivity contribution in [2.75, 3.05) is 32.2 Å². The molecule has 2 aromatic carbocycles. The van der Waals surface area contributed by atoms with Gasteiger partial charge in [0.15, 0.2) is 0 Å². The van der Waals surface area contributed by atoms with E-state index in [2.05, 4.69) is 16.8 Å². The lowest BCUT2D eigenvalue weighted by Gasteiger charge is -2.34. The quantitative estimate of drug-likeness (QED) is 0.605. The van der Waals surface area contributed by atoms with Crippen molar-refractivity contribution in [3.05, 3.63) is 48.7 Å². The molecule has 1 aliphatic rings. The lowest BCUT2D eigenvalue weighted by Crippen LogP contribution is -2.35. The van der Waals surface area contributed by atoms with Gasteiger partial charge in [0, 0.05) is 24.7 Å². The summed E-state index contributed by atoms with van der Waals surface area (Å²) in [7, 11) is -0.611. The number of fused-ring (bicyclic) bond motifs is 1. The van der Waals surface area contributed by atoms with Crippen LogP contribution in [0.2, 0.25) is 0 Å². The molecule has 158 valence electrons. The second-order valence-corrected chi connectivity index (χ2v) is 9.64. The number of ether oxygens (including phenoxy) is 2. The minimum atomic E-state index is -3.77. The highest BCUT2D eigenvalue weighted by Gasteiger charge is 2.29. The van der Waals surface area contributed by atoms with E-state index in [-0.39, 0.29) is 9.79 Å². The maximum Gasteiger partial charge on any atom is 0.210 e. The Balaban J connectivity index is 1.94. The van der Waals surface area contributed by atoms with E-state index in [1.54, 1.807) is 38.5 Å². The van der Waals surface area contributed by atoms with Gasteiger partial charge in [-0.15, -0.1) is 0 Å². The molecule has 1 saturated heterocycles. The molecule has 0 radical (unpaired) electrons. The number of piperidine rings is 1. The maximum absolute atomic E-state index is 13.6. The van der Waals surface area contributed by atoms with Gasteiger partial charge in [0.2, 0.25) is 9.84 Å². The number of hydrogen-bond acceptors (Lipinski definition) is 6. The number of methoxy groups -OCH3 is 2. The van der Waals surface area contributed by atoms with Gasteiger partial charge in [-0.25, -0.2) is 8.42 Å². The van der Waals surface area contributed by atoms with Crippen molar-refractivity contribution in [1.29, 1.82) is 0 Å². The Bertz CT molecular complexity index is 1160. The van der Waals surface area contributed by atoms with Crippen LogP contribution in [0.15, 0.2) is 58.5 Å². The third-order valence-electron chi connectivity index (χ3n) is 5.65. The Hall–Kier alpha value is -2.80. The van der Waals surface area contributed by atoms with E-state index >= 15 is 0 Å². The van der Waals surface area contributed by atoms with Crippen molar-refractivity contribution >= 4 is 26.4 Å². The van der Waals surface area contributed by atoms with Crippen LogP contribution < -0.4 is 14.4 Å². The predicted molar refractivity (Wildman–Crippen MR) is 117 cm³/mol. The molecule has 1 aromatic heterocycles. The molecule has 30 heavy (non-hydrogen) atoms. The van der Waals surface area contributed by atoms with Gasteiger partial charge in [0.1, 0.15) is 16.4 Å². The number of hydrogen-bond donors (Lipinski definition) is 0. The molecule has 1 atom stereocenters. The van der Waals surface area contributed by atoms with Gasteiger partial charge in [-0.2, -0.15) is 0 Å². The highest BCUT2D eigenvalue weighted by molar-refractivity contribution is 7.91. The fraction of sp³-hybridized carbons (Fsp3) is 0.348. The van der Waals surface area contributed by atoms with Crippen molar-refractivity contribution in [3.63, 3.8) is 0 Å². The molecule has 1 aliphatic heterocycles. The van der Waals surface area contributed by atoms with E-state index < -0.39 is 9.84 Å². The van der Waals surface area contributed by atoms with Gasteiger partial charge >= 0.3 is 0 Å². The summed E-state index contributed by atoms with van der Waals surface area (Å²) in [5.74, 6) is 1.78. The van der Waals surface area contributed by atoms with Crippen molar-refractivity contribution in [2.24, 2.45) is 5.92 Å². The number of nitrogens with zero attached hydrogens (tertiary/aromatic N) is 2. The minimum Gasteiger partial charge on any atom is -0.497 e. The standard InChI is InChI=1S/C23H26N2O4S/c1-16-5-4-12-25(15-16)23-20-13-18(29-3)8-11-21(20)24-14-22(23)30(26,27)19-9-6-17(28-2)7-10-19/h6-11,13-14,16H,4-5,12,15H2,1-3H3. The Labute approximate surface area is 177 Å². The Morgan fingerprint density at radius 3 is 2.40 bits per heavy atom. The van der Waals surface area contributed by atoms with Crippen LogP contribution in [0.1, 0.15) is 19.8 Å². The molecule has 7 heteroatoms. The first-order chi connectivity index (χ1) is 14.4. The normalized spacial score (nSPS) is 17.2. The molecular weight excluding hydrogens is 400 g/mol. The largest absolute Gasteiger partial charge is 0.497 e. The van der Waals surface area contributed by atoms with Crippen LogP contribution in [0.5, 0.6) is 11.5 Å². The van der Waals surface area contributed by atoms with Crippen molar-refractivity contribution in [3.8, 4) is 11.5 Å². The van der Waals surface area contributed by atoms with Gasteiger partial charge in [-0.05, 0) is 61.2 Å². The molecular formula is C23H26N2O4S. The summed E-state index contributed by atoms with van der Waals surface area (Å²) in [4.78, 5) is 7.10.